The molecule has 1 aromatic carbocycles. The number of hydrogen-bond acceptors (Lipinski definition) is 7. The monoisotopic (exact) mass is 394 g/mol. The van der Waals surface area contributed by atoms with Crippen LogP contribution < -0.4 is 10.0 Å². The van der Waals surface area contributed by atoms with Crippen LogP contribution in [-0.4, -0.2) is 49.9 Å². The van der Waals surface area contributed by atoms with Gasteiger partial charge in [-0.3, -0.25) is 4.79 Å². The molecule has 0 spiro atoms. The highest BCUT2D eigenvalue weighted by molar-refractivity contribution is 7.87. The number of hydrogen-bond donors (Lipinski definition) is 2. The van der Waals surface area contributed by atoms with Crippen molar-refractivity contribution in [3.05, 3.63) is 41.3 Å². The maximum Gasteiger partial charge on any atom is 0.304 e. The zero-order valence-corrected chi connectivity index (χ0v) is 16.0. The van der Waals surface area contributed by atoms with Crippen molar-refractivity contribution in [1.82, 2.24) is 14.0 Å². The SMILES string of the molecule is Cc1cccc(C)c1Nc1nc(C(=O)NS(=O)(=O)N2CCCOCC2)co1. The molecular weight excluding hydrogens is 372 g/mol. The number of carbonyl (C=O) groups excluding carboxylic acids is 1. The largest absolute Gasteiger partial charge is 0.431 e. The van der Waals surface area contributed by atoms with Gasteiger partial charge in [-0.2, -0.15) is 17.7 Å². The second kappa shape index (κ2) is 8.07. The molecule has 0 bridgehead atoms. The lowest BCUT2D eigenvalue weighted by molar-refractivity contribution is 0.0973. The van der Waals surface area contributed by atoms with Crippen LogP contribution in [0.2, 0.25) is 0 Å². The molecule has 1 amide bonds. The molecule has 0 radical (unpaired) electrons. The third kappa shape index (κ3) is 4.65. The minimum absolute atomic E-state index is 0.109. The molecule has 3 rings (SSSR count). The average molecular weight is 394 g/mol. The molecule has 1 fully saturated rings. The molecule has 9 nitrogen and oxygen atoms in total. The van der Waals surface area contributed by atoms with Gasteiger partial charge in [-0.25, -0.2) is 4.72 Å². The standard InChI is InChI=1S/C17H22N4O5S/c1-12-5-3-6-13(2)15(12)19-17-18-14(11-26-17)16(22)20-27(23,24)21-7-4-9-25-10-8-21/h3,5-6,11H,4,7-10H2,1-2H3,(H,18,19)(H,20,22). The number of rotatable bonds is 5. The van der Waals surface area contributed by atoms with E-state index >= 15 is 0 Å². The van der Waals surface area contributed by atoms with Crippen LogP contribution in [-0.2, 0) is 14.9 Å². The Bertz CT molecular complexity index is 897. The lowest BCUT2D eigenvalue weighted by Gasteiger charge is -2.18. The van der Waals surface area contributed by atoms with E-state index in [1.807, 2.05) is 36.8 Å². The zero-order chi connectivity index (χ0) is 19.4. The minimum Gasteiger partial charge on any atom is -0.431 e. The molecule has 2 aromatic rings. The molecule has 2 N–H and O–H groups in total. The normalized spacial score (nSPS) is 15.9. The highest BCUT2D eigenvalue weighted by atomic mass is 32.2. The van der Waals surface area contributed by atoms with Gasteiger partial charge in [0.1, 0.15) is 6.26 Å². The number of benzene rings is 1. The van der Waals surface area contributed by atoms with Gasteiger partial charge in [-0.15, -0.1) is 0 Å². The average Bonchev–Trinajstić information content (AvgIpc) is 2.90. The van der Waals surface area contributed by atoms with Crippen LogP contribution in [0, 0.1) is 13.8 Å². The predicted molar refractivity (Wildman–Crippen MR) is 99.1 cm³/mol. The molecule has 27 heavy (non-hydrogen) atoms. The number of carbonyl (C=O) groups is 1. The first kappa shape index (κ1) is 19.3. The van der Waals surface area contributed by atoms with Crippen LogP contribution in [0.25, 0.3) is 0 Å². The van der Waals surface area contributed by atoms with Crippen molar-refractivity contribution in [1.29, 1.82) is 0 Å². The minimum atomic E-state index is -3.97. The third-order valence-electron chi connectivity index (χ3n) is 4.19. The fraction of sp³-hybridized carbons (Fsp3) is 0.412. The van der Waals surface area contributed by atoms with Gasteiger partial charge in [0, 0.05) is 25.4 Å². The first-order chi connectivity index (χ1) is 12.9. The Balaban J connectivity index is 1.69. The van der Waals surface area contributed by atoms with E-state index in [1.165, 1.54) is 4.31 Å². The lowest BCUT2D eigenvalue weighted by atomic mass is 10.1. The quantitative estimate of drug-likeness (QED) is 0.794. The highest BCUT2D eigenvalue weighted by Crippen LogP contribution is 2.23. The van der Waals surface area contributed by atoms with E-state index in [4.69, 9.17) is 9.15 Å². The number of oxazole rings is 1. The summed E-state index contributed by atoms with van der Waals surface area (Å²) in [6.07, 6.45) is 1.69. The van der Waals surface area contributed by atoms with Crippen molar-refractivity contribution in [2.24, 2.45) is 0 Å². The van der Waals surface area contributed by atoms with Crippen LogP contribution in [0.5, 0.6) is 0 Å². The fourth-order valence-corrected chi connectivity index (χ4v) is 3.90. The van der Waals surface area contributed by atoms with Gasteiger partial charge >= 0.3 is 10.2 Å². The van der Waals surface area contributed by atoms with Gasteiger partial charge in [0.25, 0.3) is 11.9 Å². The van der Waals surface area contributed by atoms with E-state index < -0.39 is 16.1 Å². The Kier molecular flexibility index (Phi) is 5.78. The summed E-state index contributed by atoms with van der Waals surface area (Å²) < 4.78 is 38.5. The lowest BCUT2D eigenvalue weighted by Crippen LogP contribution is -2.44. The summed E-state index contributed by atoms with van der Waals surface area (Å²) in [5, 5.41) is 3.02. The third-order valence-corrected chi connectivity index (χ3v) is 5.68. The second-order valence-electron chi connectivity index (χ2n) is 6.23. The summed E-state index contributed by atoms with van der Waals surface area (Å²) in [7, 11) is -3.97. The van der Waals surface area contributed by atoms with Crippen LogP contribution >= 0.6 is 0 Å². The maximum atomic E-state index is 12.4. The van der Waals surface area contributed by atoms with Gasteiger partial charge in [-0.1, -0.05) is 18.2 Å². The molecule has 0 aliphatic carbocycles. The number of nitrogens with one attached hydrogen (secondary N) is 2. The number of aromatic nitrogens is 1. The predicted octanol–water partition coefficient (Wildman–Crippen LogP) is 1.73. The molecular formula is C17H22N4O5S. The molecule has 0 atom stereocenters. The van der Waals surface area contributed by atoms with Gasteiger partial charge in [-0.05, 0) is 31.4 Å². The summed E-state index contributed by atoms with van der Waals surface area (Å²) in [6.45, 7) is 5.15. The van der Waals surface area contributed by atoms with Gasteiger partial charge in [0.2, 0.25) is 0 Å². The van der Waals surface area contributed by atoms with E-state index in [1.54, 1.807) is 0 Å². The Labute approximate surface area is 157 Å². The second-order valence-corrected chi connectivity index (χ2v) is 7.90. The number of nitrogens with zero attached hydrogens (tertiary/aromatic N) is 2. The van der Waals surface area contributed by atoms with E-state index in [2.05, 4.69) is 10.3 Å². The van der Waals surface area contributed by atoms with Gasteiger partial charge in [0.05, 0.1) is 6.61 Å². The molecule has 146 valence electrons. The summed E-state index contributed by atoms with van der Waals surface area (Å²) in [6, 6.07) is 5.91. The Morgan fingerprint density at radius 1 is 1.19 bits per heavy atom. The van der Waals surface area contributed by atoms with Crippen molar-refractivity contribution in [2.45, 2.75) is 20.3 Å². The summed E-state index contributed by atoms with van der Waals surface area (Å²) >= 11 is 0. The van der Waals surface area contributed by atoms with Crippen molar-refractivity contribution in [3.8, 4) is 0 Å². The molecule has 1 aliphatic heterocycles. The van der Waals surface area contributed by atoms with E-state index in [9.17, 15) is 13.2 Å². The Hall–Kier alpha value is -2.43. The number of anilines is 2. The van der Waals surface area contributed by atoms with Crippen LogP contribution in [0.3, 0.4) is 0 Å². The molecule has 0 saturated carbocycles. The van der Waals surface area contributed by atoms with E-state index in [0.717, 1.165) is 23.1 Å². The smallest absolute Gasteiger partial charge is 0.304 e. The molecule has 2 heterocycles. The van der Waals surface area contributed by atoms with Crippen molar-refractivity contribution in [2.75, 3.05) is 31.6 Å². The molecule has 1 aromatic heterocycles. The highest BCUT2D eigenvalue weighted by Gasteiger charge is 2.27. The summed E-state index contributed by atoms with van der Waals surface area (Å²) in [5.74, 6) is -0.849. The zero-order valence-electron chi connectivity index (χ0n) is 15.2. The van der Waals surface area contributed by atoms with Crippen LogP contribution in [0.1, 0.15) is 28.0 Å². The first-order valence-corrected chi connectivity index (χ1v) is 9.99. The number of para-hydroxylation sites is 1. The van der Waals surface area contributed by atoms with Gasteiger partial charge < -0.3 is 14.5 Å². The molecule has 1 saturated heterocycles. The molecule has 1 aliphatic rings. The van der Waals surface area contributed by atoms with Gasteiger partial charge in [0.15, 0.2) is 5.69 Å². The first-order valence-electron chi connectivity index (χ1n) is 8.55. The number of aryl methyl sites for hydroxylation is 2. The van der Waals surface area contributed by atoms with E-state index in [0.29, 0.717) is 26.2 Å². The molecule has 0 unspecified atom stereocenters. The summed E-state index contributed by atoms with van der Waals surface area (Å²) in [5.41, 5.74) is 2.68. The fourth-order valence-electron chi connectivity index (χ4n) is 2.75. The van der Waals surface area contributed by atoms with Crippen molar-refractivity contribution < 1.29 is 22.4 Å². The van der Waals surface area contributed by atoms with Crippen molar-refractivity contribution >= 4 is 27.8 Å². The topological polar surface area (TPSA) is 114 Å². The summed E-state index contributed by atoms with van der Waals surface area (Å²) in [4.78, 5) is 16.3. The van der Waals surface area contributed by atoms with Crippen molar-refractivity contribution in [3.63, 3.8) is 0 Å². The molecule has 10 heteroatoms. The Morgan fingerprint density at radius 2 is 1.93 bits per heavy atom. The van der Waals surface area contributed by atoms with Crippen LogP contribution in [0.4, 0.5) is 11.7 Å². The maximum absolute atomic E-state index is 12.4. The van der Waals surface area contributed by atoms with E-state index in [-0.39, 0.29) is 18.3 Å². The Morgan fingerprint density at radius 3 is 2.67 bits per heavy atom. The number of amides is 1. The number of ether oxygens (including phenoxy) is 1. The van der Waals surface area contributed by atoms with Crippen LogP contribution in [0.15, 0.2) is 28.9 Å².